The lowest BCUT2D eigenvalue weighted by Crippen LogP contribution is -2.44. The molecular formula is C14H19FOSi. The van der Waals surface area contributed by atoms with E-state index < -0.39 is 8.32 Å². The second-order valence-electron chi connectivity index (χ2n) is 5.65. The smallest absolute Gasteiger partial charge is 0.250 e. The summed E-state index contributed by atoms with van der Waals surface area (Å²) in [6, 6.07) is 4.31. The second-order valence-corrected chi connectivity index (χ2v) is 10.4. The Morgan fingerprint density at radius 1 is 1.29 bits per heavy atom. The minimum atomic E-state index is -1.98. The predicted octanol–water partition coefficient (Wildman–Crippen LogP) is 4.19. The van der Waals surface area contributed by atoms with Gasteiger partial charge in [0.05, 0.1) is 5.56 Å². The van der Waals surface area contributed by atoms with Crippen molar-refractivity contribution in [3.63, 3.8) is 0 Å². The van der Waals surface area contributed by atoms with Gasteiger partial charge in [0.25, 0.3) is 8.32 Å². The van der Waals surface area contributed by atoms with E-state index >= 15 is 0 Å². The highest BCUT2D eigenvalue weighted by molar-refractivity contribution is 6.74. The first-order valence-corrected chi connectivity index (χ1v) is 8.53. The van der Waals surface area contributed by atoms with E-state index in [2.05, 4.69) is 39.8 Å². The predicted molar refractivity (Wildman–Crippen MR) is 72.2 cm³/mol. The summed E-state index contributed by atoms with van der Waals surface area (Å²) in [4.78, 5) is 0. The first-order chi connectivity index (χ1) is 7.67. The minimum Gasteiger partial charge on any atom is -0.543 e. The van der Waals surface area contributed by atoms with Crippen LogP contribution in [0.2, 0.25) is 18.1 Å². The van der Waals surface area contributed by atoms with Crippen molar-refractivity contribution < 1.29 is 8.82 Å². The van der Waals surface area contributed by atoms with E-state index in [0.29, 0.717) is 11.3 Å². The maximum Gasteiger partial charge on any atom is 0.250 e. The molecule has 17 heavy (non-hydrogen) atoms. The van der Waals surface area contributed by atoms with Crippen molar-refractivity contribution >= 4 is 8.32 Å². The van der Waals surface area contributed by atoms with Gasteiger partial charge in [-0.3, -0.25) is 0 Å². The van der Waals surface area contributed by atoms with Crippen LogP contribution in [0, 0.1) is 18.2 Å². The zero-order valence-electron chi connectivity index (χ0n) is 11.1. The second kappa shape index (κ2) is 4.54. The van der Waals surface area contributed by atoms with Gasteiger partial charge < -0.3 is 4.43 Å². The van der Waals surface area contributed by atoms with Crippen LogP contribution in [0.25, 0.3) is 0 Å². The van der Waals surface area contributed by atoms with Crippen LogP contribution >= 0.6 is 0 Å². The Labute approximate surface area is 104 Å². The summed E-state index contributed by atoms with van der Waals surface area (Å²) >= 11 is 0. The summed E-state index contributed by atoms with van der Waals surface area (Å²) < 4.78 is 19.2. The van der Waals surface area contributed by atoms with Gasteiger partial charge in [0.2, 0.25) is 0 Å². The molecule has 1 aromatic carbocycles. The van der Waals surface area contributed by atoms with E-state index in [1.54, 1.807) is 6.07 Å². The zero-order valence-corrected chi connectivity index (χ0v) is 12.1. The summed E-state index contributed by atoms with van der Waals surface area (Å²) in [6.45, 7) is 10.6. The normalized spacial score (nSPS) is 12.1. The number of terminal acetylenes is 1. The van der Waals surface area contributed by atoms with Crippen LogP contribution in [0.3, 0.4) is 0 Å². The SMILES string of the molecule is C#Cc1ccc(F)cc1O[Si](C)(C)C(C)(C)C. The Bertz CT molecular complexity index is 452. The fraction of sp³-hybridized carbons (Fsp3) is 0.429. The fourth-order valence-corrected chi connectivity index (χ4v) is 2.15. The largest absolute Gasteiger partial charge is 0.543 e. The maximum absolute atomic E-state index is 13.2. The number of hydrogen-bond donors (Lipinski definition) is 0. The standard InChI is InChI=1S/C14H19FOSi/c1-7-11-8-9-12(15)10-13(11)16-17(5,6)14(2,3)4/h1,8-10H,2-6H3. The third kappa shape index (κ3) is 3.10. The molecule has 0 atom stereocenters. The highest BCUT2D eigenvalue weighted by Crippen LogP contribution is 2.38. The van der Waals surface area contributed by atoms with Gasteiger partial charge in [-0.05, 0) is 30.3 Å². The van der Waals surface area contributed by atoms with Crippen LogP contribution in [0.4, 0.5) is 4.39 Å². The Balaban J connectivity index is 3.12. The van der Waals surface area contributed by atoms with E-state index in [4.69, 9.17) is 10.8 Å². The summed E-state index contributed by atoms with van der Waals surface area (Å²) in [6.07, 6.45) is 5.39. The molecule has 0 spiro atoms. The van der Waals surface area contributed by atoms with Crippen LogP contribution in [0.5, 0.6) is 5.75 Å². The van der Waals surface area contributed by atoms with Crippen LogP contribution in [-0.2, 0) is 0 Å². The molecule has 1 nitrogen and oxygen atoms in total. The third-order valence-corrected chi connectivity index (χ3v) is 7.61. The number of benzene rings is 1. The lowest BCUT2D eigenvalue weighted by atomic mass is 10.2. The topological polar surface area (TPSA) is 9.23 Å². The molecule has 0 aliphatic heterocycles. The molecule has 0 unspecified atom stereocenters. The molecule has 1 rings (SSSR count). The van der Waals surface area contributed by atoms with Crippen molar-refractivity contribution in [2.45, 2.75) is 38.9 Å². The lowest BCUT2D eigenvalue weighted by molar-refractivity contribution is 0.486. The van der Waals surface area contributed by atoms with Gasteiger partial charge in [0.15, 0.2) is 0 Å². The van der Waals surface area contributed by atoms with Crippen LogP contribution in [-0.4, -0.2) is 8.32 Å². The van der Waals surface area contributed by atoms with Gasteiger partial charge in [-0.2, -0.15) is 0 Å². The Hall–Kier alpha value is -1.27. The molecule has 0 saturated carbocycles. The molecule has 0 amide bonds. The monoisotopic (exact) mass is 250 g/mol. The van der Waals surface area contributed by atoms with Crippen molar-refractivity contribution in [3.8, 4) is 18.1 Å². The molecule has 0 aliphatic carbocycles. The van der Waals surface area contributed by atoms with Gasteiger partial charge in [0, 0.05) is 6.07 Å². The van der Waals surface area contributed by atoms with Gasteiger partial charge in [-0.15, -0.1) is 6.42 Å². The van der Waals surface area contributed by atoms with E-state index in [1.165, 1.54) is 12.1 Å². The van der Waals surface area contributed by atoms with E-state index in [9.17, 15) is 4.39 Å². The average molecular weight is 250 g/mol. The molecule has 0 radical (unpaired) electrons. The lowest BCUT2D eigenvalue weighted by Gasteiger charge is -2.36. The van der Waals surface area contributed by atoms with Gasteiger partial charge in [-0.25, -0.2) is 4.39 Å². The van der Waals surface area contributed by atoms with Crippen molar-refractivity contribution in [1.82, 2.24) is 0 Å². The summed E-state index contributed by atoms with van der Waals surface area (Å²) in [7, 11) is -1.98. The molecule has 0 heterocycles. The Morgan fingerprint density at radius 3 is 2.35 bits per heavy atom. The Morgan fingerprint density at radius 2 is 1.88 bits per heavy atom. The quantitative estimate of drug-likeness (QED) is 0.565. The van der Waals surface area contributed by atoms with Crippen molar-refractivity contribution in [1.29, 1.82) is 0 Å². The highest BCUT2D eigenvalue weighted by Gasteiger charge is 2.39. The van der Waals surface area contributed by atoms with Crippen LogP contribution in [0.15, 0.2) is 18.2 Å². The molecule has 0 saturated heterocycles. The van der Waals surface area contributed by atoms with Crippen LogP contribution in [0.1, 0.15) is 26.3 Å². The molecular weight excluding hydrogens is 231 g/mol. The van der Waals surface area contributed by atoms with Crippen molar-refractivity contribution in [2.24, 2.45) is 0 Å². The van der Waals surface area contributed by atoms with Gasteiger partial charge in [0.1, 0.15) is 11.6 Å². The third-order valence-electron chi connectivity index (χ3n) is 3.27. The number of hydrogen-bond acceptors (Lipinski definition) is 1. The van der Waals surface area contributed by atoms with E-state index in [0.717, 1.165) is 0 Å². The van der Waals surface area contributed by atoms with Crippen molar-refractivity contribution in [3.05, 3.63) is 29.6 Å². The summed E-state index contributed by atoms with van der Waals surface area (Å²) in [5, 5.41) is 0.0607. The fourth-order valence-electron chi connectivity index (χ4n) is 1.13. The molecule has 0 aliphatic rings. The molecule has 0 N–H and O–H groups in total. The average Bonchev–Trinajstić information content (AvgIpc) is 2.15. The maximum atomic E-state index is 13.2. The summed E-state index contributed by atoms with van der Waals surface area (Å²) in [5.41, 5.74) is 0.608. The zero-order chi connectivity index (χ0) is 13.3. The minimum absolute atomic E-state index is 0.0607. The molecule has 1 aromatic rings. The molecule has 92 valence electrons. The molecule has 0 bridgehead atoms. The first kappa shape index (κ1) is 13.8. The van der Waals surface area contributed by atoms with E-state index in [-0.39, 0.29) is 10.9 Å². The number of rotatable bonds is 2. The van der Waals surface area contributed by atoms with E-state index in [1.807, 2.05) is 0 Å². The first-order valence-electron chi connectivity index (χ1n) is 5.62. The van der Waals surface area contributed by atoms with Gasteiger partial charge in [-0.1, -0.05) is 26.7 Å². The number of halogens is 1. The van der Waals surface area contributed by atoms with Gasteiger partial charge >= 0.3 is 0 Å². The Kier molecular flexibility index (Phi) is 3.68. The van der Waals surface area contributed by atoms with Crippen molar-refractivity contribution in [2.75, 3.05) is 0 Å². The highest BCUT2D eigenvalue weighted by atomic mass is 28.4. The molecule has 0 fully saturated rings. The summed E-state index contributed by atoms with van der Waals surface area (Å²) in [5.74, 6) is 2.69. The molecule has 0 aromatic heterocycles. The van der Waals surface area contributed by atoms with Crippen LogP contribution < -0.4 is 4.43 Å². The molecule has 3 heteroatoms.